The smallest absolute Gasteiger partial charge is 0.308 e. The lowest BCUT2D eigenvalue weighted by atomic mass is 9.79. The Hall–Kier alpha value is -1.58. The number of ether oxygens (including phenoxy) is 3. The Labute approximate surface area is 228 Å². The molecule has 3 N–H and O–H groups in total. The molecule has 0 bridgehead atoms. The molecule has 2 rings (SSSR count). The maximum atomic E-state index is 13.0. The molecular formula is C30H50O8. The lowest BCUT2D eigenvalue weighted by molar-refractivity contribution is -0.294. The van der Waals surface area contributed by atoms with Crippen molar-refractivity contribution in [2.45, 2.75) is 130 Å². The van der Waals surface area contributed by atoms with Gasteiger partial charge >= 0.3 is 5.97 Å². The highest BCUT2D eigenvalue weighted by molar-refractivity contribution is 5.91. The van der Waals surface area contributed by atoms with Crippen LogP contribution >= 0.6 is 0 Å². The third-order valence-electron chi connectivity index (χ3n) is 8.28. The molecule has 0 amide bonds. The predicted molar refractivity (Wildman–Crippen MR) is 145 cm³/mol. The molecule has 38 heavy (non-hydrogen) atoms. The topological polar surface area (TPSA) is 123 Å². The van der Waals surface area contributed by atoms with Gasteiger partial charge in [-0.25, -0.2) is 0 Å². The molecule has 0 radical (unpaired) electrons. The molecule has 0 aliphatic carbocycles. The minimum absolute atomic E-state index is 0.00922. The molecule has 2 aliphatic heterocycles. The molecule has 2 aliphatic rings. The van der Waals surface area contributed by atoms with Crippen LogP contribution < -0.4 is 0 Å². The van der Waals surface area contributed by atoms with Crippen molar-refractivity contribution >= 4 is 11.8 Å². The van der Waals surface area contributed by atoms with Crippen LogP contribution in [-0.4, -0.2) is 69.5 Å². The van der Waals surface area contributed by atoms with Crippen LogP contribution in [-0.2, 0) is 23.8 Å². The van der Waals surface area contributed by atoms with Crippen LogP contribution in [0.2, 0.25) is 0 Å². The van der Waals surface area contributed by atoms with Crippen molar-refractivity contribution in [3.63, 3.8) is 0 Å². The fourth-order valence-electron chi connectivity index (χ4n) is 5.66. The Bertz CT molecular complexity index is 849. The summed E-state index contributed by atoms with van der Waals surface area (Å²) in [6.45, 7) is 14.8. The number of allylic oxidation sites excluding steroid dienone is 3. The number of carbonyl (C=O) groups is 2. The number of rotatable bonds is 4. The van der Waals surface area contributed by atoms with Crippen LogP contribution in [0.1, 0.15) is 87.5 Å². The molecule has 11 atom stereocenters. The molecule has 0 aromatic carbocycles. The summed E-state index contributed by atoms with van der Waals surface area (Å²) < 4.78 is 18.1. The third-order valence-corrected chi connectivity index (χ3v) is 8.28. The molecular weight excluding hydrogens is 488 g/mol. The van der Waals surface area contributed by atoms with Crippen LogP contribution in [0.25, 0.3) is 0 Å². The first-order valence-corrected chi connectivity index (χ1v) is 14.2. The van der Waals surface area contributed by atoms with E-state index in [4.69, 9.17) is 14.2 Å². The van der Waals surface area contributed by atoms with Crippen molar-refractivity contribution in [1.29, 1.82) is 0 Å². The van der Waals surface area contributed by atoms with Crippen LogP contribution in [0.15, 0.2) is 23.8 Å². The van der Waals surface area contributed by atoms with E-state index in [-0.39, 0.29) is 42.5 Å². The SMILES string of the molecule is CCC1CC(C)C(=O)/C=C\C(C)=C\C(C)C(CC)OC(=O)CC(O)C(C)C1OC1CC(C)(O)C(O)C(C)O1. The number of hydrogen-bond donors (Lipinski definition) is 3. The summed E-state index contributed by atoms with van der Waals surface area (Å²) in [5.74, 6) is -1.43. The maximum Gasteiger partial charge on any atom is 0.308 e. The van der Waals surface area contributed by atoms with E-state index in [1.807, 2.05) is 53.7 Å². The maximum absolute atomic E-state index is 13.0. The quantitative estimate of drug-likeness (QED) is 0.457. The summed E-state index contributed by atoms with van der Waals surface area (Å²) in [4.78, 5) is 25.9. The molecule has 8 heteroatoms. The Kier molecular flexibility index (Phi) is 12.2. The number of esters is 1. The largest absolute Gasteiger partial charge is 0.462 e. The molecule has 0 saturated carbocycles. The number of ketones is 1. The van der Waals surface area contributed by atoms with Crippen LogP contribution in [0.3, 0.4) is 0 Å². The van der Waals surface area contributed by atoms with E-state index >= 15 is 0 Å². The van der Waals surface area contributed by atoms with E-state index in [0.29, 0.717) is 19.3 Å². The fraction of sp³-hybridized carbons (Fsp3) is 0.800. The lowest BCUT2D eigenvalue weighted by Crippen LogP contribution is -2.56. The second-order valence-corrected chi connectivity index (χ2v) is 11.8. The van der Waals surface area contributed by atoms with Crippen molar-refractivity contribution in [2.24, 2.45) is 23.7 Å². The van der Waals surface area contributed by atoms with E-state index in [1.54, 1.807) is 19.9 Å². The molecule has 218 valence electrons. The molecule has 0 spiro atoms. The van der Waals surface area contributed by atoms with Crippen LogP contribution in [0, 0.1) is 23.7 Å². The van der Waals surface area contributed by atoms with Gasteiger partial charge in [0.2, 0.25) is 0 Å². The molecule has 8 nitrogen and oxygen atoms in total. The van der Waals surface area contributed by atoms with Crippen molar-refractivity contribution in [2.75, 3.05) is 0 Å². The zero-order valence-corrected chi connectivity index (χ0v) is 24.4. The van der Waals surface area contributed by atoms with Crippen molar-refractivity contribution in [3.8, 4) is 0 Å². The molecule has 0 aromatic rings. The van der Waals surface area contributed by atoms with Gasteiger partial charge in [0.15, 0.2) is 12.1 Å². The van der Waals surface area contributed by atoms with Gasteiger partial charge < -0.3 is 29.5 Å². The van der Waals surface area contributed by atoms with Gasteiger partial charge in [-0.05, 0) is 45.6 Å². The number of carbonyl (C=O) groups excluding carboxylic acids is 2. The number of hydrogen-bond acceptors (Lipinski definition) is 8. The summed E-state index contributed by atoms with van der Waals surface area (Å²) in [5.41, 5.74) is -0.487. The zero-order chi connectivity index (χ0) is 28.8. The molecule has 2 heterocycles. The standard InChI is InChI=1S/C30H50O8/c1-9-22-14-18(4)23(31)12-11-17(3)13-19(5)25(10-2)37-26(33)15-24(32)20(6)28(22)38-27-16-30(8,35)29(34)21(7)36-27/h11-13,18-22,24-25,27-29,32,34-35H,9-10,14-16H2,1-8H3/b12-11-,17-13+. The first-order valence-electron chi connectivity index (χ1n) is 14.2. The third kappa shape index (κ3) is 8.71. The molecule has 1 fully saturated rings. The fourth-order valence-corrected chi connectivity index (χ4v) is 5.66. The first-order chi connectivity index (χ1) is 17.7. The zero-order valence-electron chi connectivity index (χ0n) is 24.4. The molecule has 0 aromatic heterocycles. The van der Waals surface area contributed by atoms with Gasteiger partial charge in [0.1, 0.15) is 12.2 Å². The summed E-state index contributed by atoms with van der Waals surface area (Å²) in [6.07, 6.45) is 2.59. The van der Waals surface area contributed by atoms with E-state index in [2.05, 4.69) is 0 Å². The van der Waals surface area contributed by atoms with E-state index < -0.39 is 48.2 Å². The average Bonchev–Trinajstić information content (AvgIpc) is 2.84. The Morgan fingerprint density at radius 3 is 2.32 bits per heavy atom. The normalized spacial score (nSPS) is 44.7. The number of cyclic esters (lactones) is 1. The number of aliphatic hydroxyl groups is 3. The van der Waals surface area contributed by atoms with Crippen LogP contribution in [0.5, 0.6) is 0 Å². The Balaban J connectivity index is 2.41. The Morgan fingerprint density at radius 1 is 1.08 bits per heavy atom. The molecule has 11 unspecified atom stereocenters. The summed E-state index contributed by atoms with van der Waals surface area (Å²) in [5, 5.41) is 32.2. The average molecular weight is 539 g/mol. The minimum Gasteiger partial charge on any atom is -0.462 e. The van der Waals surface area contributed by atoms with Crippen molar-refractivity contribution in [3.05, 3.63) is 23.8 Å². The van der Waals surface area contributed by atoms with Gasteiger partial charge in [0, 0.05) is 24.2 Å². The second kappa shape index (κ2) is 14.2. The van der Waals surface area contributed by atoms with E-state index in [1.165, 1.54) is 0 Å². The van der Waals surface area contributed by atoms with Crippen LogP contribution in [0.4, 0.5) is 0 Å². The van der Waals surface area contributed by atoms with Gasteiger partial charge in [-0.2, -0.15) is 0 Å². The highest BCUT2D eigenvalue weighted by atomic mass is 16.7. The highest BCUT2D eigenvalue weighted by Gasteiger charge is 2.45. The van der Waals surface area contributed by atoms with E-state index in [9.17, 15) is 24.9 Å². The predicted octanol–water partition coefficient (Wildman–Crippen LogP) is 4.10. The summed E-state index contributed by atoms with van der Waals surface area (Å²) >= 11 is 0. The lowest BCUT2D eigenvalue weighted by Gasteiger charge is -2.44. The summed E-state index contributed by atoms with van der Waals surface area (Å²) in [7, 11) is 0. The number of aliphatic hydroxyl groups excluding tert-OH is 2. The van der Waals surface area contributed by atoms with Crippen molar-refractivity contribution < 1.29 is 39.1 Å². The molecule has 1 saturated heterocycles. The van der Waals surface area contributed by atoms with Crippen molar-refractivity contribution in [1.82, 2.24) is 0 Å². The minimum atomic E-state index is -1.40. The van der Waals surface area contributed by atoms with Gasteiger partial charge in [-0.15, -0.1) is 0 Å². The monoisotopic (exact) mass is 538 g/mol. The van der Waals surface area contributed by atoms with Gasteiger partial charge in [-0.1, -0.05) is 58.8 Å². The van der Waals surface area contributed by atoms with Gasteiger partial charge in [0.25, 0.3) is 0 Å². The Morgan fingerprint density at radius 2 is 1.74 bits per heavy atom. The van der Waals surface area contributed by atoms with Gasteiger partial charge in [-0.3, -0.25) is 9.59 Å². The first kappa shape index (κ1) is 32.6. The van der Waals surface area contributed by atoms with E-state index in [0.717, 1.165) is 5.57 Å². The second-order valence-electron chi connectivity index (χ2n) is 11.8. The van der Waals surface area contributed by atoms with Gasteiger partial charge in [0.05, 0.1) is 30.3 Å². The summed E-state index contributed by atoms with van der Waals surface area (Å²) in [6, 6.07) is 0. The highest BCUT2D eigenvalue weighted by Crippen LogP contribution is 2.35.